The van der Waals surface area contributed by atoms with Gasteiger partial charge in [0.1, 0.15) is 23.8 Å². The third kappa shape index (κ3) is 6.38. The molecule has 0 saturated heterocycles. The number of Topliss-reactive ketones (excluding diaryl/α,β-unsaturated/α-hetero) is 1. The molecule has 35 heavy (non-hydrogen) atoms. The number of esters is 1. The van der Waals surface area contributed by atoms with Crippen LogP contribution in [0.4, 0.5) is 22.0 Å². The molecule has 0 aliphatic carbocycles. The molecule has 0 aliphatic rings. The molecule has 0 saturated carbocycles. The van der Waals surface area contributed by atoms with Crippen LogP contribution in [-0.2, 0) is 20.5 Å². The van der Waals surface area contributed by atoms with E-state index in [9.17, 15) is 36.6 Å². The molecule has 0 bridgehead atoms. The molecule has 1 N–H and O–H groups in total. The first-order valence-electron chi connectivity index (χ1n) is 10.2. The zero-order chi connectivity index (χ0) is 25.8. The predicted octanol–water partition coefficient (Wildman–Crippen LogP) is 4.87. The summed E-state index contributed by atoms with van der Waals surface area (Å²) in [5.41, 5.74) is 0.0601. The minimum absolute atomic E-state index is 0.103. The molecule has 6 nitrogen and oxygen atoms in total. The highest BCUT2D eigenvalue weighted by Gasteiger charge is 2.39. The van der Waals surface area contributed by atoms with Gasteiger partial charge in [0, 0.05) is 23.7 Å². The number of ketones is 1. The van der Waals surface area contributed by atoms with E-state index in [0.717, 1.165) is 43.7 Å². The lowest BCUT2D eigenvalue weighted by atomic mass is 10.0. The topological polar surface area (TPSA) is 81.4 Å². The van der Waals surface area contributed by atoms with Gasteiger partial charge in [0.2, 0.25) is 5.82 Å². The van der Waals surface area contributed by atoms with Crippen molar-refractivity contribution in [3.8, 4) is 22.5 Å². The van der Waals surface area contributed by atoms with E-state index in [-0.39, 0.29) is 22.5 Å². The maximum atomic E-state index is 13.9. The van der Waals surface area contributed by atoms with E-state index in [0.29, 0.717) is 4.57 Å². The van der Waals surface area contributed by atoms with Crippen LogP contribution in [0.15, 0.2) is 54.6 Å². The number of aromatic nitrogens is 2. The van der Waals surface area contributed by atoms with Gasteiger partial charge < -0.3 is 9.84 Å². The lowest BCUT2D eigenvalue weighted by molar-refractivity contribution is -0.146. The summed E-state index contributed by atoms with van der Waals surface area (Å²) < 4.78 is 73.7. The van der Waals surface area contributed by atoms with Crippen LogP contribution in [0.2, 0.25) is 0 Å². The maximum Gasteiger partial charge on any atom is 0.450 e. The summed E-state index contributed by atoms with van der Waals surface area (Å²) >= 11 is 0. The number of aliphatic hydroxyl groups excluding tert-OH is 1. The number of aliphatic hydroxyl groups is 1. The molecule has 3 aromatic rings. The number of carbonyl (C=O) groups excluding carboxylic acids is 2. The Morgan fingerprint density at radius 3 is 2.09 bits per heavy atom. The monoisotopic (exact) mass is 494 g/mol. The van der Waals surface area contributed by atoms with Crippen molar-refractivity contribution >= 4 is 18.0 Å². The maximum absolute atomic E-state index is 13.9. The third-order valence-corrected chi connectivity index (χ3v) is 4.86. The van der Waals surface area contributed by atoms with Crippen molar-refractivity contribution in [1.29, 1.82) is 0 Å². The SMILES string of the molecule is COC(=O)CC(=O)CC(O)/C=C/n1c(C(F)(F)F)nc(-c2ccc(F)cc2)c1-c1ccc(F)cc1. The van der Waals surface area contributed by atoms with E-state index in [1.165, 1.54) is 24.3 Å². The average molecular weight is 494 g/mol. The van der Waals surface area contributed by atoms with Gasteiger partial charge in [0.25, 0.3) is 0 Å². The Bertz CT molecular complexity index is 1230. The standard InChI is InChI=1S/C24H19F5N2O4/c1-35-20(34)13-19(33)12-18(32)10-11-31-22(15-4-8-17(26)9-5-15)21(30-23(31)24(27,28)29)14-2-6-16(25)7-3-14/h2-11,18,32H,12-13H2,1H3/b11-10+. The molecular weight excluding hydrogens is 475 g/mol. The number of methoxy groups -OCH3 is 1. The van der Waals surface area contributed by atoms with E-state index >= 15 is 0 Å². The lowest BCUT2D eigenvalue weighted by Crippen LogP contribution is -2.16. The molecule has 0 amide bonds. The van der Waals surface area contributed by atoms with Crippen LogP contribution in [0, 0.1) is 11.6 Å². The summed E-state index contributed by atoms with van der Waals surface area (Å²) in [6.45, 7) is 0. The average Bonchev–Trinajstić information content (AvgIpc) is 3.18. The smallest absolute Gasteiger partial charge is 0.450 e. The Morgan fingerprint density at radius 1 is 1.03 bits per heavy atom. The summed E-state index contributed by atoms with van der Waals surface area (Å²) in [5, 5.41) is 10.1. The summed E-state index contributed by atoms with van der Waals surface area (Å²) in [5.74, 6) is -4.08. The van der Waals surface area contributed by atoms with Gasteiger partial charge in [-0.1, -0.05) is 0 Å². The summed E-state index contributed by atoms with van der Waals surface area (Å²) in [7, 11) is 1.08. The van der Waals surface area contributed by atoms with Gasteiger partial charge >= 0.3 is 12.1 Å². The fraction of sp³-hybridized carbons (Fsp3) is 0.208. The van der Waals surface area contributed by atoms with E-state index in [4.69, 9.17) is 0 Å². The highest BCUT2D eigenvalue weighted by atomic mass is 19.4. The van der Waals surface area contributed by atoms with Crippen LogP contribution >= 0.6 is 0 Å². The molecule has 184 valence electrons. The largest absolute Gasteiger partial charge is 0.469 e. The van der Waals surface area contributed by atoms with Crippen LogP contribution < -0.4 is 0 Å². The molecule has 3 rings (SSSR count). The highest BCUT2D eigenvalue weighted by Crippen LogP contribution is 2.39. The zero-order valence-corrected chi connectivity index (χ0v) is 18.2. The number of rotatable bonds is 8. The minimum Gasteiger partial charge on any atom is -0.469 e. The van der Waals surface area contributed by atoms with Crippen molar-refractivity contribution in [1.82, 2.24) is 9.55 Å². The van der Waals surface area contributed by atoms with Gasteiger partial charge in [0.05, 0.1) is 24.6 Å². The minimum atomic E-state index is -4.94. The van der Waals surface area contributed by atoms with Crippen LogP contribution in [0.3, 0.4) is 0 Å². The molecular formula is C24H19F5N2O4. The van der Waals surface area contributed by atoms with Crippen molar-refractivity contribution < 1.29 is 41.4 Å². The van der Waals surface area contributed by atoms with Gasteiger partial charge in [-0.15, -0.1) is 0 Å². The molecule has 1 aromatic heterocycles. The first-order chi connectivity index (χ1) is 16.5. The normalized spacial score (nSPS) is 12.7. The Balaban J connectivity index is 2.11. The molecule has 11 heteroatoms. The van der Waals surface area contributed by atoms with E-state index in [1.54, 1.807) is 0 Å². The summed E-state index contributed by atoms with van der Waals surface area (Å²) in [4.78, 5) is 26.8. The second kappa shape index (κ2) is 10.6. The van der Waals surface area contributed by atoms with Gasteiger partial charge in [-0.25, -0.2) is 13.8 Å². The highest BCUT2D eigenvalue weighted by molar-refractivity contribution is 5.95. The number of alkyl halides is 3. The van der Waals surface area contributed by atoms with Crippen LogP contribution in [-0.4, -0.2) is 39.6 Å². The molecule has 2 aromatic carbocycles. The van der Waals surface area contributed by atoms with Crippen LogP contribution in [0.1, 0.15) is 18.7 Å². The number of ether oxygens (including phenoxy) is 1. The number of imidazole rings is 1. The molecule has 1 unspecified atom stereocenters. The first-order valence-corrected chi connectivity index (χ1v) is 10.2. The van der Waals surface area contributed by atoms with Crippen molar-refractivity contribution in [2.75, 3.05) is 7.11 Å². The summed E-state index contributed by atoms with van der Waals surface area (Å²) in [6, 6.07) is 9.22. The quantitative estimate of drug-likeness (QED) is 0.275. The molecule has 0 aliphatic heterocycles. The molecule has 0 spiro atoms. The van der Waals surface area contributed by atoms with E-state index in [2.05, 4.69) is 9.72 Å². The Labute approximate surface area is 196 Å². The number of benzene rings is 2. The number of hydrogen-bond donors (Lipinski definition) is 1. The Morgan fingerprint density at radius 2 is 1.57 bits per heavy atom. The Kier molecular flexibility index (Phi) is 7.80. The van der Waals surface area contributed by atoms with Crippen molar-refractivity contribution in [3.63, 3.8) is 0 Å². The van der Waals surface area contributed by atoms with Gasteiger partial charge in [-0.3, -0.25) is 14.2 Å². The summed E-state index contributed by atoms with van der Waals surface area (Å²) in [6.07, 6.45) is -5.78. The predicted molar refractivity (Wildman–Crippen MR) is 116 cm³/mol. The lowest BCUT2D eigenvalue weighted by Gasteiger charge is -2.12. The molecule has 1 atom stereocenters. The second-order valence-electron chi connectivity index (χ2n) is 7.42. The van der Waals surface area contributed by atoms with Gasteiger partial charge in [0.15, 0.2) is 0 Å². The number of hydrogen-bond acceptors (Lipinski definition) is 5. The van der Waals surface area contributed by atoms with Crippen molar-refractivity contribution in [2.45, 2.75) is 25.1 Å². The van der Waals surface area contributed by atoms with Gasteiger partial charge in [-0.2, -0.15) is 13.2 Å². The van der Waals surface area contributed by atoms with E-state index in [1.807, 2.05) is 0 Å². The second-order valence-corrected chi connectivity index (χ2v) is 7.42. The fourth-order valence-electron chi connectivity index (χ4n) is 3.26. The van der Waals surface area contributed by atoms with Gasteiger partial charge in [-0.05, 0) is 54.6 Å². The van der Waals surface area contributed by atoms with E-state index < -0.39 is 54.3 Å². The molecule has 0 radical (unpaired) electrons. The van der Waals surface area contributed by atoms with Crippen molar-refractivity contribution in [3.05, 3.63) is 72.1 Å². The van der Waals surface area contributed by atoms with Crippen LogP contribution in [0.25, 0.3) is 28.7 Å². The third-order valence-electron chi connectivity index (χ3n) is 4.86. The number of nitrogens with zero attached hydrogens (tertiary/aromatic N) is 2. The van der Waals surface area contributed by atoms with Crippen molar-refractivity contribution in [2.24, 2.45) is 0 Å². The molecule has 1 heterocycles. The first kappa shape index (κ1) is 25.8. The number of halogens is 5. The zero-order valence-electron chi connectivity index (χ0n) is 18.2. The van der Waals surface area contributed by atoms with Crippen LogP contribution in [0.5, 0.6) is 0 Å². The fourth-order valence-corrected chi connectivity index (χ4v) is 3.26. The Hall–Kier alpha value is -3.86. The molecule has 0 fully saturated rings. The number of carbonyl (C=O) groups is 2.